The van der Waals surface area contributed by atoms with Crippen LogP contribution in [0, 0.1) is 0 Å². The topological polar surface area (TPSA) is 102 Å². The van der Waals surface area contributed by atoms with Gasteiger partial charge in [-0.3, -0.25) is 19.3 Å². The van der Waals surface area contributed by atoms with Crippen LogP contribution < -0.4 is 10.1 Å². The van der Waals surface area contributed by atoms with Crippen LogP contribution in [0.2, 0.25) is 0 Å². The van der Waals surface area contributed by atoms with Gasteiger partial charge in [0.1, 0.15) is 11.8 Å². The molecule has 0 spiro atoms. The molecule has 0 bridgehead atoms. The molecule has 0 aromatic heterocycles. The van der Waals surface area contributed by atoms with Gasteiger partial charge in [-0.25, -0.2) is 4.79 Å². The first-order chi connectivity index (χ1) is 17.4. The van der Waals surface area contributed by atoms with Crippen molar-refractivity contribution in [2.45, 2.75) is 25.4 Å². The van der Waals surface area contributed by atoms with E-state index in [2.05, 4.69) is 5.32 Å². The van der Waals surface area contributed by atoms with Gasteiger partial charge in [0.15, 0.2) is 6.61 Å². The third-order valence-corrected chi connectivity index (χ3v) is 6.01. The molecule has 0 aliphatic carbocycles. The first-order valence-electron chi connectivity index (χ1n) is 11.5. The van der Waals surface area contributed by atoms with Crippen molar-refractivity contribution in [1.82, 2.24) is 10.2 Å². The highest BCUT2D eigenvalue weighted by Gasteiger charge is 2.43. The number of hydrogen-bond acceptors (Lipinski definition) is 6. The van der Waals surface area contributed by atoms with E-state index in [1.165, 1.54) is 0 Å². The molecular weight excluding hydrogens is 460 g/mol. The van der Waals surface area contributed by atoms with Crippen LogP contribution in [0.25, 0.3) is 0 Å². The highest BCUT2D eigenvalue weighted by molar-refractivity contribution is 6.22. The van der Waals surface area contributed by atoms with Crippen molar-refractivity contribution < 1.29 is 28.7 Å². The predicted molar refractivity (Wildman–Crippen MR) is 131 cm³/mol. The zero-order valence-corrected chi connectivity index (χ0v) is 20.0. The van der Waals surface area contributed by atoms with E-state index in [4.69, 9.17) is 9.47 Å². The largest absolute Gasteiger partial charge is 0.496 e. The van der Waals surface area contributed by atoms with Crippen LogP contribution in [0.15, 0.2) is 78.9 Å². The van der Waals surface area contributed by atoms with E-state index in [1.54, 1.807) is 68.6 Å². The summed E-state index contributed by atoms with van der Waals surface area (Å²) in [4.78, 5) is 52.8. The molecular formula is C28H26N2O6. The fraction of sp³-hybridized carbons (Fsp3) is 0.214. The minimum Gasteiger partial charge on any atom is -0.496 e. The Labute approximate surface area is 208 Å². The highest BCUT2D eigenvalue weighted by atomic mass is 16.5. The van der Waals surface area contributed by atoms with Gasteiger partial charge < -0.3 is 14.8 Å². The molecule has 0 radical (unpaired) electrons. The molecule has 4 rings (SSSR count). The number of hydrogen-bond donors (Lipinski definition) is 1. The van der Waals surface area contributed by atoms with Gasteiger partial charge in [-0.1, -0.05) is 60.7 Å². The van der Waals surface area contributed by atoms with Gasteiger partial charge in [0, 0.05) is 12.0 Å². The maximum atomic E-state index is 13.2. The van der Waals surface area contributed by atoms with Gasteiger partial charge in [-0.05, 0) is 30.7 Å². The molecule has 3 amide bonds. The van der Waals surface area contributed by atoms with Crippen molar-refractivity contribution in [1.29, 1.82) is 0 Å². The standard InChI is InChI=1S/C28H26N2O6/c1-18(20-12-8-9-15-24(20)35-2)29-25(31)17-36-28(34)23(16-19-10-4-3-5-11-19)30-26(32)21-13-6-7-14-22(21)27(30)33/h3-15,18,23H,16-17H2,1-2H3,(H,29,31). The third kappa shape index (κ3) is 5.12. The molecule has 1 aliphatic heterocycles. The van der Waals surface area contributed by atoms with E-state index in [0.717, 1.165) is 16.0 Å². The molecule has 2 unspecified atom stereocenters. The summed E-state index contributed by atoms with van der Waals surface area (Å²) < 4.78 is 10.6. The van der Waals surface area contributed by atoms with E-state index >= 15 is 0 Å². The lowest BCUT2D eigenvalue weighted by atomic mass is 10.0. The molecule has 2 atom stereocenters. The molecule has 0 saturated heterocycles. The van der Waals surface area contributed by atoms with Crippen LogP contribution in [0.3, 0.4) is 0 Å². The van der Waals surface area contributed by atoms with Gasteiger partial charge in [0.25, 0.3) is 17.7 Å². The van der Waals surface area contributed by atoms with Crippen molar-refractivity contribution in [3.05, 3.63) is 101 Å². The smallest absolute Gasteiger partial charge is 0.330 e. The molecule has 0 saturated carbocycles. The molecule has 3 aromatic carbocycles. The number of benzene rings is 3. The number of carbonyl (C=O) groups excluding carboxylic acids is 4. The number of ether oxygens (including phenoxy) is 2. The molecule has 1 N–H and O–H groups in total. The monoisotopic (exact) mass is 486 g/mol. The molecule has 184 valence electrons. The minimum atomic E-state index is -1.22. The van der Waals surface area contributed by atoms with Crippen molar-refractivity contribution in [3.63, 3.8) is 0 Å². The second-order valence-electron chi connectivity index (χ2n) is 8.37. The molecule has 36 heavy (non-hydrogen) atoms. The van der Waals surface area contributed by atoms with Gasteiger partial charge >= 0.3 is 5.97 Å². The summed E-state index contributed by atoms with van der Waals surface area (Å²) >= 11 is 0. The fourth-order valence-corrected chi connectivity index (χ4v) is 4.23. The average molecular weight is 487 g/mol. The first kappa shape index (κ1) is 24.7. The van der Waals surface area contributed by atoms with Crippen molar-refractivity contribution in [2.24, 2.45) is 0 Å². The van der Waals surface area contributed by atoms with Crippen LogP contribution in [-0.4, -0.2) is 48.3 Å². The molecule has 0 fully saturated rings. The van der Waals surface area contributed by atoms with Crippen LogP contribution >= 0.6 is 0 Å². The van der Waals surface area contributed by atoms with E-state index in [9.17, 15) is 19.2 Å². The average Bonchev–Trinajstić information content (AvgIpc) is 3.16. The number of para-hydroxylation sites is 1. The van der Waals surface area contributed by atoms with Crippen LogP contribution in [0.1, 0.15) is 44.8 Å². The molecule has 8 heteroatoms. The summed E-state index contributed by atoms with van der Waals surface area (Å²) in [6, 6.07) is 21.1. The summed E-state index contributed by atoms with van der Waals surface area (Å²) in [6.07, 6.45) is 0.0599. The summed E-state index contributed by atoms with van der Waals surface area (Å²) in [7, 11) is 1.54. The highest BCUT2D eigenvalue weighted by Crippen LogP contribution is 2.27. The van der Waals surface area contributed by atoms with Gasteiger partial charge in [-0.15, -0.1) is 0 Å². The van der Waals surface area contributed by atoms with Crippen molar-refractivity contribution in [2.75, 3.05) is 13.7 Å². The number of fused-ring (bicyclic) bond motifs is 1. The van der Waals surface area contributed by atoms with Crippen LogP contribution in [0.4, 0.5) is 0 Å². The Kier molecular flexibility index (Phi) is 7.44. The number of carbonyl (C=O) groups is 4. The van der Waals surface area contributed by atoms with E-state index in [0.29, 0.717) is 5.75 Å². The Morgan fingerprint density at radius 1 is 0.861 bits per heavy atom. The fourth-order valence-electron chi connectivity index (χ4n) is 4.23. The lowest BCUT2D eigenvalue weighted by molar-refractivity contribution is -0.152. The SMILES string of the molecule is COc1ccccc1C(C)NC(=O)COC(=O)C(Cc1ccccc1)N1C(=O)c2ccccc2C1=O. The third-order valence-electron chi connectivity index (χ3n) is 6.01. The maximum Gasteiger partial charge on any atom is 0.330 e. The zero-order chi connectivity index (χ0) is 25.7. The Morgan fingerprint density at radius 2 is 1.44 bits per heavy atom. The Balaban J connectivity index is 1.48. The first-order valence-corrected chi connectivity index (χ1v) is 11.5. The van der Waals surface area contributed by atoms with Crippen LogP contribution in [-0.2, 0) is 20.7 Å². The number of rotatable bonds is 9. The minimum absolute atomic E-state index is 0.0599. The van der Waals surface area contributed by atoms with E-state index < -0.39 is 42.4 Å². The zero-order valence-electron chi connectivity index (χ0n) is 20.0. The number of nitrogens with zero attached hydrogens (tertiary/aromatic N) is 1. The second kappa shape index (κ2) is 10.9. The summed E-state index contributed by atoms with van der Waals surface area (Å²) in [6.45, 7) is 1.22. The van der Waals surface area contributed by atoms with Gasteiger partial charge in [-0.2, -0.15) is 0 Å². The normalized spacial score (nSPS) is 14.1. The van der Waals surface area contributed by atoms with E-state index in [1.807, 2.05) is 24.3 Å². The summed E-state index contributed by atoms with van der Waals surface area (Å²) in [5.41, 5.74) is 1.98. The van der Waals surface area contributed by atoms with Crippen LogP contribution in [0.5, 0.6) is 5.75 Å². The summed E-state index contributed by atoms with van der Waals surface area (Å²) in [5, 5.41) is 2.77. The van der Waals surface area contributed by atoms with Crippen molar-refractivity contribution in [3.8, 4) is 5.75 Å². The van der Waals surface area contributed by atoms with E-state index in [-0.39, 0.29) is 17.5 Å². The lowest BCUT2D eigenvalue weighted by Gasteiger charge is -2.25. The number of imide groups is 1. The molecule has 3 aromatic rings. The maximum absolute atomic E-state index is 13.2. The molecule has 1 aliphatic rings. The second-order valence-corrected chi connectivity index (χ2v) is 8.37. The molecule has 1 heterocycles. The van der Waals surface area contributed by atoms with Gasteiger partial charge in [0.2, 0.25) is 0 Å². The predicted octanol–water partition coefficient (Wildman–Crippen LogP) is 3.32. The number of methoxy groups -OCH3 is 1. The Bertz CT molecular complexity index is 1250. The number of amides is 3. The van der Waals surface area contributed by atoms with Gasteiger partial charge in [0.05, 0.1) is 24.3 Å². The number of nitrogens with one attached hydrogen (secondary N) is 1. The molecule has 8 nitrogen and oxygen atoms in total. The van der Waals surface area contributed by atoms with Crippen molar-refractivity contribution >= 4 is 23.7 Å². The Morgan fingerprint density at radius 3 is 2.08 bits per heavy atom. The summed E-state index contributed by atoms with van der Waals surface area (Å²) in [5.74, 6) is -1.88. The number of esters is 1. The lowest BCUT2D eigenvalue weighted by Crippen LogP contribution is -2.47. The quantitative estimate of drug-likeness (QED) is 0.368. The Hall–Kier alpha value is -4.46.